The number of alkyl halides is 3. The molecule has 0 radical (unpaired) electrons. The van der Waals surface area contributed by atoms with Crippen LogP contribution >= 0.6 is 11.6 Å². The third-order valence-electron chi connectivity index (χ3n) is 9.05. The lowest BCUT2D eigenvalue weighted by atomic mass is 9.75. The first-order valence-corrected chi connectivity index (χ1v) is 15.1. The molecule has 1 aliphatic heterocycles. The Morgan fingerprint density at radius 2 is 1.89 bits per heavy atom. The number of halogens is 5. The minimum absolute atomic E-state index is 0.0594. The largest absolute Gasteiger partial charge is 0.485 e. The van der Waals surface area contributed by atoms with Crippen LogP contribution in [0.5, 0.6) is 5.75 Å². The lowest BCUT2D eigenvalue weighted by Gasteiger charge is -2.38. The Bertz CT molecular complexity index is 1430. The predicted molar refractivity (Wildman–Crippen MR) is 158 cm³/mol. The van der Waals surface area contributed by atoms with Gasteiger partial charge in [0.05, 0.1) is 5.02 Å². The van der Waals surface area contributed by atoms with Crippen molar-refractivity contribution in [2.45, 2.75) is 88.4 Å². The van der Waals surface area contributed by atoms with Gasteiger partial charge in [0.15, 0.2) is 5.67 Å². The summed E-state index contributed by atoms with van der Waals surface area (Å²) in [6.07, 6.45) is 12.2. The number of primary amides is 1. The molecular formula is C32H36ClF4N3O4. The molecule has 0 aromatic heterocycles. The van der Waals surface area contributed by atoms with Crippen LogP contribution in [-0.4, -0.2) is 54.4 Å². The SMILES string of the molecule is CC(=O)NC1CCC(NC[C@@]2(C3C=CC=CC3)Cc3c(cc(F)c(Cl)c3C3=C(C(N)=O)C=CC(OC(F)F)C3(C)F)O2)CC1. The summed E-state index contributed by atoms with van der Waals surface area (Å²) in [6.45, 7) is -0.482. The normalized spacial score (nSPS) is 31.3. The van der Waals surface area contributed by atoms with Gasteiger partial charge in [0.25, 0.3) is 0 Å². The molecule has 1 heterocycles. The summed E-state index contributed by atoms with van der Waals surface area (Å²) in [7, 11) is 0. The van der Waals surface area contributed by atoms with Crippen LogP contribution in [0.15, 0.2) is 48.1 Å². The smallest absolute Gasteiger partial charge is 0.345 e. The van der Waals surface area contributed by atoms with Gasteiger partial charge in [-0.2, -0.15) is 8.78 Å². The number of rotatable bonds is 9. The first-order chi connectivity index (χ1) is 20.8. The van der Waals surface area contributed by atoms with Crippen LogP contribution in [0, 0.1) is 11.7 Å². The van der Waals surface area contributed by atoms with Gasteiger partial charge in [-0.05, 0) is 39.0 Å². The van der Waals surface area contributed by atoms with Crippen LogP contribution in [-0.2, 0) is 20.7 Å². The first-order valence-electron chi connectivity index (χ1n) is 14.7. The maximum atomic E-state index is 16.6. The summed E-state index contributed by atoms with van der Waals surface area (Å²) in [6, 6.07) is 1.40. The molecule has 0 bridgehead atoms. The first kappa shape index (κ1) is 32.2. The summed E-state index contributed by atoms with van der Waals surface area (Å²) in [4.78, 5) is 24.0. The van der Waals surface area contributed by atoms with Gasteiger partial charge in [-0.1, -0.05) is 48.1 Å². The standard InChI is InChI=1S/C32H36ClF4N3O4/c1-17(41)40-20-10-8-19(9-11-20)39-16-32(18-6-4-3-5-7-18)15-22-24(44-32)14-23(34)28(33)26(22)27-21(29(38)42)12-13-25(31(27,2)37)43-30(35)36/h3-6,12-14,18-20,25,30,39H,7-11,15-16H2,1-2H3,(H2,38,42)(H,40,41)/t18?,19?,20?,25?,31?,32-/m1/s1. The highest BCUT2D eigenvalue weighted by molar-refractivity contribution is 6.33. The zero-order valence-corrected chi connectivity index (χ0v) is 25.2. The van der Waals surface area contributed by atoms with Crippen LogP contribution in [0.1, 0.15) is 57.1 Å². The van der Waals surface area contributed by atoms with Crippen molar-refractivity contribution in [1.29, 1.82) is 0 Å². The summed E-state index contributed by atoms with van der Waals surface area (Å²) in [5.41, 5.74) is 1.37. The Hall–Kier alpha value is -3.15. The average Bonchev–Trinajstić information content (AvgIpc) is 3.34. The number of hydrogen-bond donors (Lipinski definition) is 3. The number of carbonyl (C=O) groups excluding carboxylic acids is 2. The molecule has 12 heteroatoms. The van der Waals surface area contributed by atoms with Gasteiger partial charge in [0.2, 0.25) is 11.8 Å². The average molecular weight is 638 g/mol. The van der Waals surface area contributed by atoms with Crippen molar-refractivity contribution in [3.63, 3.8) is 0 Å². The monoisotopic (exact) mass is 637 g/mol. The highest BCUT2D eigenvalue weighted by atomic mass is 35.5. The molecule has 5 rings (SSSR count). The third kappa shape index (κ3) is 6.32. The van der Waals surface area contributed by atoms with Gasteiger partial charge < -0.3 is 25.8 Å². The summed E-state index contributed by atoms with van der Waals surface area (Å²) in [5, 5.41) is 6.11. The van der Waals surface area contributed by atoms with Crippen molar-refractivity contribution in [2.24, 2.45) is 11.7 Å². The quantitative estimate of drug-likeness (QED) is 0.312. The summed E-state index contributed by atoms with van der Waals surface area (Å²) < 4.78 is 69.7. The molecule has 7 nitrogen and oxygen atoms in total. The number of nitrogens with one attached hydrogen (secondary N) is 2. The van der Waals surface area contributed by atoms with E-state index in [2.05, 4.69) is 15.4 Å². The van der Waals surface area contributed by atoms with E-state index >= 15 is 8.78 Å². The fourth-order valence-electron chi connectivity index (χ4n) is 6.90. The zero-order valence-electron chi connectivity index (χ0n) is 24.5. The van der Waals surface area contributed by atoms with E-state index in [-0.39, 0.29) is 47.2 Å². The van der Waals surface area contributed by atoms with Crippen molar-refractivity contribution in [3.8, 4) is 5.75 Å². The van der Waals surface area contributed by atoms with Crippen molar-refractivity contribution in [3.05, 3.63) is 70.1 Å². The highest BCUT2D eigenvalue weighted by Crippen LogP contribution is 2.52. The lowest BCUT2D eigenvalue weighted by molar-refractivity contribution is -0.172. The minimum atomic E-state index is -3.31. The molecule has 4 atom stereocenters. The highest BCUT2D eigenvalue weighted by Gasteiger charge is 2.51. The Labute approximate surface area is 258 Å². The van der Waals surface area contributed by atoms with Crippen molar-refractivity contribution >= 4 is 29.0 Å². The number of allylic oxidation sites excluding steroid dienone is 3. The second-order valence-corrected chi connectivity index (χ2v) is 12.4. The minimum Gasteiger partial charge on any atom is -0.485 e. The van der Waals surface area contributed by atoms with Gasteiger partial charge in [-0.15, -0.1) is 0 Å². The molecule has 4 aliphatic rings. The molecule has 44 heavy (non-hydrogen) atoms. The van der Waals surface area contributed by atoms with E-state index in [9.17, 15) is 18.4 Å². The second kappa shape index (κ2) is 12.7. The molecule has 4 N–H and O–H groups in total. The number of fused-ring (bicyclic) bond motifs is 1. The number of hydrogen-bond acceptors (Lipinski definition) is 5. The molecule has 1 saturated carbocycles. The van der Waals surface area contributed by atoms with Crippen LogP contribution in [0.2, 0.25) is 5.02 Å². The van der Waals surface area contributed by atoms with Crippen molar-refractivity contribution < 1.29 is 36.6 Å². The van der Waals surface area contributed by atoms with E-state index in [0.29, 0.717) is 18.5 Å². The third-order valence-corrected chi connectivity index (χ3v) is 9.42. The molecule has 3 unspecified atom stereocenters. The van der Waals surface area contributed by atoms with Gasteiger partial charge >= 0.3 is 6.61 Å². The van der Waals surface area contributed by atoms with Gasteiger partial charge in [-0.3, -0.25) is 9.59 Å². The van der Waals surface area contributed by atoms with Crippen LogP contribution in [0.25, 0.3) is 5.57 Å². The molecule has 3 aliphatic carbocycles. The van der Waals surface area contributed by atoms with Crippen molar-refractivity contribution in [1.82, 2.24) is 10.6 Å². The molecule has 0 saturated heterocycles. The molecule has 2 amide bonds. The number of nitrogens with two attached hydrogens (primary N) is 1. The van der Waals surface area contributed by atoms with E-state index in [1.807, 2.05) is 24.3 Å². The predicted octanol–water partition coefficient (Wildman–Crippen LogP) is 5.47. The Morgan fingerprint density at radius 1 is 1.18 bits per heavy atom. The Balaban J connectivity index is 1.53. The number of amides is 2. The molecule has 238 valence electrons. The van der Waals surface area contributed by atoms with Crippen LogP contribution < -0.4 is 21.1 Å². The number of ether oxygens (including phenoxy) is 2. The Morgan fingerprint density at radius 3 is 2.50 bits per heavy atom. The van der Waals surface area contributed by atoms with E-state index in [1.165, 1.54) is 6.92 Å². The number of benzene rings is 1. The maximum absolute atomic E-state index is 16.6. The lowest BCUT2D eigenvalue weighted by Crippen LogP contribution is -2.53. The molecule has 1 fully saturated rings. The Kier molecular flexibility index (Phi) is 9.30. The van der Waals surface area contributed by atoms with Gasteiger partial charge in [-0.25, -0.2) is 8.78 Å². The van der Waals surface area contributed by atoms with Crippen molar-refractivity contribution in [2.75, 3.05) is 6.54 Å². The van der Waals surface area contributed by atoms with Gasteiger partial charge in [0.1, 0.15) is 23.3 Å². The van der Waals surface area contributed by atoms with Crippen LogP contribution in [0.3, 0.4) is 0 Å². The topological polar surface area (TPSA) is 103 Å². The molecule has 1 aromatic rings. The fourth-order valence-corrected chi connectivity index (χ4v) is 7.16. The maximum Gasteiger partial charge on any atom is 0.345 e. The summed E-state index contributed by atoms with van der Waals surface area (Å²) in [5.74, 6) is -2.07. The summed E-state index contributed by atoms with van der Waals surface area (Å²) >= 11 is 6.52. The molecule has 0 spiro atoms. The van der Waals surface area contributed by atoms with Gasteiger partial charge in [0, 0.05) is 66.2 Å². The van der Waals surface area contributed by atoms with E-state index in [4.69, 9.17) is 22.1 Å². The van der Waals surface area contributed by atoms with E-state index < -0.39 is 46.3 Å². The van der Waals surface area contributed by atoms with E-state index in [1.54, 1.807) is 0 Å². The van der Waals surface area contributed by atoms with E-state index in [0.717, 1.165) is 50.8 Å². The second-order valence-electron chi connectivity index (χ2n) is 12.1. The molecule has 1 aromatic carbocycles. The molecular weight excluding hydrogens is 602 g/mol. The number of carbonyl (C=O) groups is 2. The zero-order chi connectivity index (χ0) is 31.8. The van der Waals surface area contributed by atoms with Crippen LogP contribution in [0.4, 0.5) is 17.6 Å². The fraction of sp³-hybridized carbons (Fsp3) is 0.500.